The minimum atomic E-state index is -0.346. The number of nitrogens with zero attached hydrogens (tertiary/aromatic N) is 2. The molecule has 3 aromatic rings. The van der Waals surface area contributed by atoms with Gasteiger partial charge in [0.2, 0.25) is 0 Å². The molecule has 0 saturated carbocycles. The van der Waals surface area contributed by atoms with E-state index in [4.69, 9.17) is 0 Å². The van der Waals surface area contributed by atoms with E-state index in [2.05, 4.69) is 5.10 Å². The fourth-order valence-corrected chi connectivity index (χ4v) is 2.54. The smallest absolute Gasteiger partial charge is 0.266 e. The minimum Gasteiger partial charge on any atom is -0.268 e. The maximum absolute atomic E-state index is 13.9. The van der Waals surface area contributed by atoms with Crippen LogP contribution in [0.4, 0.5) is 4.39 Å². The van der Waals surface area contributed by atoms with Crippen molar-refractivity contribution in [1.29, 1.82) is 0 Å². The number of hydrogen-bond acceptors (Lipinski definition) is 2. The van der Waals surface area contributed by atoms with Crippen LogP contribution in [0.1, 0.15) is 18.4 Å². The highest BCUT2D eigenvalue weighted by molar-refractivity contribution is 5.58. The lowest BCUT2D eigenvalue weighted by atomic mass is 10.0. The van der Waals surface area contributed by atoms with Gasteiger partial charge in [0.25, 0.3) is 5.56 Å². The summed E-state index contributed by atoms with van der Waals surface area (Å²) in [4.78, 5) is 12.1. The lowest BCUT2D eigenvalue weighted by Gasteiger charge is -2.14. The van der Waals surface area contributed by atoms with Crippen molar-refractivity contribution in [1.82, 2.24) is 9.78 Å². The van der Waals surface area contributed by atoms with Gasteiger partial charge in [-0.2, -0.15) is 5.10 Å². The van der Waals surface area contributed by atoms with E-state index in [1.54, 1.807) is 24.3 Å². The monoisotopic (exact) mass is 308 g/mol. The molecule has 1 heterocycles. The molecule has 0 aliphatic heterocycles. The Morgan fingerprint density at radius 2 is 1.70 bits per heavy atom. The number of halogens is 1. The van der Waals surface area contributed by atoms with Crippen LogP contribution in [0.25, 0.3) is 11.3 Å². The summed E-state index contributed by atoms with van der Waals surface area (Å²) in [6, 6.07) is 19.4. The molecular formula is C19H17FN2O. The molecule has 3 nitrogen and oxygen atoms in total. The zero-order chi connectivity index (χ0) is 16.2. The van der Waals surface area contributed by atoms with Gasteiger partial charge >= 0.3 is 0 Å². The standard InChI is InChI=1S/C19H17FN2O/c1-14(15-7-3-2-4-8-15)13-22-19(23)12-11-18(21-22)16-9-5-6-10-17(16)20/h2-12,14H,13H2,1H3/t14-/m1/s1. The normalized spacial score (nSPS) is 12.1. The van der Waals surface area contributed by atoms with Gasteiger partial charge < -0.3 is 0 Å². The zero-order valence-corrected chi connectivity index (χ0v) is 12.8. The molecule has 1 atom stereocenters. The van der Waals surface area contributed by atoms with Crippen molar-refractivity contribution in [2.45, 2.75) is 19.4 Å². The molecule has 0 bridgehead atoms. The van der Waals surface area contributed by atoms with Crippen LogP contribution < -0.4 is 5.56 Å². The predicted octanol–water partition coefficient (Wildman–Crippen LogP) is 3.85. The Labute approximate surface area is 134 Å². The van der Waals surface area contributed by atoms with Gasteiger partial charge in [0, 0.05) is 17.5 Å². The van der Waals surface area contributed by atoms with Crippen LogP contribution in [0.5, 0.6) is 0 Å². The summed E-state index contributed by atoms with van der Waals surface area (Å²) in [5, 5.41) is 4.33. The number of rotatable bonds is 4. The molecule has 0 aliphatic rings. The Kier molecular flexibility index (Phi) is 4.33. The lowest BCUT2D eigenvalue weighted by molar-refractivity contribution is 0.518. The summed E-state index contributed by atoms with van der Waals surface area (Å²) in [5.41, 5.74) is 1.81. The molecule has 1 aromatic heterocycles. The van der Waals surface area contributed by atoms with Crippen LogP contribution in [0, 0.1) is 5.82 Å². The van der Waals surface area contributed by atoms with Crippen molar-refractivity contribution in [3.8, 4) is 11.3 Å². The predicted molar refractivity (Wildman–Crippen MR) is 88.7 cm³/mol. The molecule has 0 amide bonds. The SMILES string of the molecule is C[C@H](Cn1nc(-c2ccccc2F)ccc1=O)c1ccccc1. The Hall–Kier alpha value is -2.75. The van der Waals surface area contributed by atoms with Gasteiger partial charge in [0.05, 0.1) is 12.2 Å². The molecule has 3 rings (SSSR count). The first-order valence-electron chi connectivity index (χ1n) is 7.53. The largest absolute Gasteiger partial charge is 0.268 e. The molecule has 0 aliphatic carbocycles. The first kappa shape index (κ1) is 15.2. The third-order valence-electron chi connectivity index (χ3n) is 3.83. The summed E-state index contributed by atoms with van der Waals surface area (Å²) in [6.07, 6.45) is 0. The number of aromatic nitrogens is 2. The van der Waals surface area contributed by atoms with Crippen molar-refractivity contribution in [2.24, 2.45) is 0 Å². The zero-order valence-electron chi connectivity index (χ0n) is 12.8. The van der Waals surface area contributed by atoms with Gasteiger partial charge in [-0.3, -0.25) is 4.79 Å². The fourth-order valence-electron chi connectivity index (χ4n) is 2.54. The molecule has 0 spiro atoms. The molecule has 0 unspecified atom stereocenters. The molecule has 23 heavy (non-hydrogen) atoms. The highest BCUT2D eigenvalue weighted by atomic mass is 19.1. The second-order valence-electron chi connectivity index (χ2n) is 5.53. The van der Waals surface area contributed by atoms with Gasteiger partial charge in [-0.25, -0.2) is 9.07 Å². The fraction of sp³-hybridized carbons (Fsp3) is 0.158. The van der Waals surface area contributed by atoms with Crippen molar-refractivity contribution < 1.29 is 4.39 Å². The molecule has 4 heteroatoms. The highest BCUT2D eigenvalue weighted by Crippen LogP contribution is 2.20. The second kappa shape index (κ2) is 6.57. The van der Waals surface area contributed by atoms with E-state index in [0.717, 1.165) is 5.56 Å². The number of benzene rings is 2. The summed E-state index contributed by atoms with van der Waals surface area (Å²) in [5.74, 6) is -0.210. The summed E-state index contributed by atoms with van der Waals surface area (Å²) in [7, 11) is 0. The maximum Gasteiger partial charge on any atom is 0.266 e. The average Bonchev–Trinajstić information content (AvgIpc) is 2.58. The van der Waals surface area contributed by atoms with Crippen molar-refractivity contribution in [3.63, 3.8) is 0 Å². The second-order valence-corrected chi connectivity index (χ2v) is 5.53. The van der Waals surface area contributed by atoms with E-state index in [1.165, 1.54) is 16.8 Å². The summed E-state index contributed by atoms with van der Waals surface area (Å²) < 4.78 is 15.3. The molecule has 0 saturated heterocycles. The molecular weight excluding hydrogens is 291 g/mol. The van der Waals surface area contributed by atoms with Crippen LogP contribution in [0.15, 0.2) is 71.5 Å². The first-order chi connectivity index (χ1) is 11.1. The Bertz CT molecular complexity index is 858. The summed E-state index contributed by atoms with van der Waals surface area (Å²) in [6.45, 7) is 2.49. The molecule has 116 valence electrons. The van der Waals surface area contributed by atoms with E-state index in [0.29, 0.717) is 17.8 Å². The summed E-state index contributed by atoms with van der Waals surface area (Å²) >= 11 is 0. The van der Waals surface area contributed by atoms with Crippen LogP contribution in [-0.4, -0.2) is 9.78 Å². The van der Waals surface area contributed by atoms with Crippen molar-refractivity contribution in [2.75, 3.05) is 0 Å². The third kappa shape index (κ3) is 3.37. The maximum atomic E-state index is 13.9. The average molecular weight is 308 g/mol. The minimum absolute atomic E-state index is 0.136. The van der Waals surface area contributed by atoms with Gasteiger partial charge in [-0.1, -0.05) is 49.4 Å². The van der Waals surface area contributed by atoms with Crippen molar-refractivity contribution in [3.05, 3.63) is 88.5 Å². The Morgan fingerprint density at radius 1 is 1.00 bits per heavy atom. The van der Waals surface area contributed by atoms with E-state index in [-0.39, 0.29) is 17.3 Å². The Morgan fingerprint density at radius 3 is 2.43 bits per heavy atom. The topological polar surface area (TPSA) is 34.9 Å². The van der Waals surface area contributed by atoms with E-state index in [9.17, 15) is 9.18 Å². The lowest BCUT2D eigenvalue weighted by Crippen LogP contribution is -2.24. The molecule has 2 aromatic carbocycles. The van der Waals surface area contributed by atoms with Gasteiger partial charge in [-0.05, 0) is 23.8 Å². The van der Waals surface area contributed by atoms with Crippen LogP contribution in [0.3, 0.4) is 0 Å². The van der Waals surface area contributed by atoms with Gasteiger partial charge in [-0.15, -0.1) is 0 Å². The van der Waals surface area contributed by atoms with Crippen LogP contribution in [-0.2, 0) is 6.54 Å². The van der Waals surface area contributed by atoms with Gasteiger partial charge in [0.15, 0.2) is 0 Å². The van der Waals surface area contributed by atoms with E-state index in [1.807, 2.05) is 37.3 Å². The van der Waals surface area contributed by atoms with Crippen molar-refractivity contribution >= 4 is 0 Å². The van der Waals surface area contributed by atoms with E-state index < -0.39 is 0 Å². The molecule has 0 fully saturated rings. The van der Waals surface area contributed by atoms with E-state index >= 15 is 0 Å². The van der Waals surface area contributed by atoms with Crippen LogP contribution in [0.2, 0.25) is 0 Å². The van der Waals surface area contributed by atoms with Crippen LogP contribution >= 0.6 is 0 Å². The number of hydrogen-bond donors (Lipinski definition) is 0. The van der Waals surface area contributed by atoms with Gasteiger partial charge in [0.1, 0.15) is 5.82 Å². The third-order valence-corrected chi connectivity index (χ3v) is 3.83. The highest BCUT2D eigenvalue weighted by Gasteiger charge is 2.11. The molecule has 0 N–H and O–H groups in total. The quantitative estimate of drug-likeness (QED) is 0.733. The Balaban J connectivity index is 1.93. The first-order valence-corrected chi connectivity index (χ1v) is 7.53. The molecule has 0 radical (unpaired) electrons.